The van der Waals surface area contributed by atoms with Crippen LogP contribution in [0.4, 0.5) is 0 Å². The van der Waals surface area contributed by atoms with Gasteiger partial charge in [-0.15, -0.1) is 11.3 Å². The van der Waals surface area contributed by atoms with Crippen molar-refractivity contribution in [1.29, 1.82) is 0 Å². The van der Waals surface area contributed by atoms with Gasteiger partial charge in [0.15, 0.2) is 0 Å². The molecule has 2 heterocycles. The van der Waals surface area contributed by atoms with Gasteiger partial charge < -0.3 is 10.1 Å². The lowest BCUT2D eigenvalue weighted by Crippen LogP contribution is -2.47. The number of hydrogen-bond donors (Lipinski definition) is 1. The predicted octanol–water partition coefficient (Wildman–Crippen LogP) is 1.78. The van der Waals surface area contributed by atoms with Gasteiger partial charge in [0.2, 0.25) is 5.91 Å². The van der Waals surface area contributed by atoms with E-state index in [2.05, 4.69) is 10.3 Å². The van der Waals surface area contributed by atoms with E-state index in [4.69, 9.17) is 4.74 Å². The number of fused-ring (bicyclic) bond motifs is 1. The zero-order valence-electron chi connectivity index (χ0n) is 15.1. The number of carbonyl (C=O) groups is 2. The molecule has 136 valence electrons. The highest BCUT2D eigenvalue weighted by atomic mass is 32.1. The summed E-state index contributed by atoms with van der Waals surface area (Å²) >= 11 is 1.46. The zero-order valence-corrected chi connectivity index (χ0v) is 15.9. The Balaban J connectivity index is 2.24. The normalized spacial score (nSPS) is 13.5. The van der Waals surface area contributed by atoms with E-state index in [-0.39, 0.29) is 18.0 Å². The molecular formula is C17H23N3O4S. The molecule has 0 aliphatic carbocycles. The number of aromatic nitrogens is 2. The molecule has 1 amide bonds. The molecule has 8 heteroatoms. The summed E-state index contributed by atoms with van der Waals surface area (Å²) in [6.07, 6.45) is 2.08. The van der Waals surface area contributed by atoms with Crippen molar-refractivity contribution in [2.45, 2.75) is 46.7 Å². The molecule has 0 saturated heterocycles. The van der Waals surface area contributed by atoms with Gasteiger partial charge >= 0.3 is 5.97 Å². The summed E-state index contributed by atoms with van der Waals surface area (Å²) in [6.45, 7) is 7.40. The molecule has 0 fully saturated rings. The van der Waals surface area contributed by atoms with Crippen molar-refractivity contribution in [2.24, 2.45) is 5.92 Å². The summed E-state index contributed by atoms with van der Waals surface area (Å²) < 4.78 is 6.02. The molecule has 0 spiro atoms. The van der Waals surface area contributed by atoms with Gasteiger partial charge in [0, 0.05) is 4.88 Å². The number of methoxy groups -OCH3 is 1. The fourth-order valence-corrected chi connectivity index (χ4v) is 3.54. The van der Waals surface area contributed by atoms with Gasteiger partial charge in [0.05, 0.1) is 18.8 Å². The van der Waals surface area contributed by atoms with E-state index in [9.17, 15) is 14.4 Å². The molecule has 2 rings (SSSR count). The van der Waals surface area contributed by atoms with Crippen molar-refractivity contribution < 1.29 is 14.3 Å². The Hall–Kier alpha value is -2.22. The maximum absolute atomic E-state index is 12.6. The molecule has 2 atom stereocenters. The van der Waals surface area contributed by atoms with Crippen LogP contribution in [-0.4, -0.2) is 34.6 Å². The quantitative estimate of drug-likeness (QED) is 0.788. The minimum atomic E-state index is -0.736. The van der Waals surface area contributed by atoms with Gasteiger partial charge in [-0.2, -0.15) is 0 Å². The van der Waals surface area contributed by atoms with Crippen molar-refractivity contribution in [3.63, 3.8) is 0 Å². The molecule has 0 aliphatic heterocycles. The van der Waals surface area contributed by atoms with Crippen LogP contribution < -0.4 is 10.9 Å². The van der Waals surface area contributed by atoms with Crippen molar-refractivity contribution in [3.8, 4) is 0 Å². The van der Waals surface area contributed by atoms with Crippen molar-refractivity contribution in [3.05, 3.63) is 27.1 Å². The molecule has 2 aromatic rings. The summed E-state index contributed by atoms with van der Waals surface area (Å²) in [6, 6.07) is -0.736. The summed E-state index contributed by atoms with van der Waals surface area (Å²) in [5.41, 5.74) is 0.638. The van der Waals surface area contributed by atoms with Gasteiger partial charge in [-0.3, -0.25) is 14.2 Å². The average Bonchev–Trinajstić information content (AvgIpc) is 2.89. The van der Waals surface area contributed by atoms with E-state index in [0.717, 1.165) is 10.4 Å². The molecule has 0 saturated carbocycles. The number of aryl methyl sites for hydroxylation is 2. The molecule has 0 radical (unpaired) electrons. The van der Waals surface area contributed by atoms with Gasteiger partial charge in [0.1, 0.15) is 17.4 Å². The molecule has 0 aliphatic rings. The second-order valence-electron chi connectivity index (χ2n) is 6.09. The number of rotatable bonds is 6. The first-order valence-electron chi connectivity index (χ1n) is 8.12. The Kier molecular flexibility index (Phi) is 5.94. The van der Waals surface area contributed by atoms with Crippen molar-refractivity contribution in [2.75, 3.05) is 7.11 Å². The van der Waals surface area contributed by atoms with Crippen molar-refractivity contribution in [1.82, 2.24) is 14.9 Å². The smallest absolute Gasteiger partial charge is 0.328 e. The van der Waals surface area contributed by atoms with E-state index in [0.29, 0.717) is 16.6 Å². The van der Waals surface area contributed by atoms with Crippen LogP contribution in [0.25, 0.3) is 10.2 Å². The Bertz CT molecular complexity index is 855. The van der Waals surface area contributed by atoms with Crippen LogP contribution >= 0.6 is 11.3 Å². The third-order valence-corrected chi connectivity index (χ3v) is 5.57. The molecule has 7 nitrogen and oxygen atoms in total. The summed E-state index contributed by atoms with van der Waals surface area (Å²) in [4.78, 5) is 42.8. The van der Waals surface area contributed by atoms with E-state index in [1.54, 1.807) is 0 Å². The fourth-order valence-electron chi connectivity index (χ4n) is 2.55. The molecule has 0 bridgehead atoms. The summed E-state index contributed by atoms with van der Waals surface area (Å²) in [7, 11) is 1.29. The highest BCUT2D eigenvalue weighted by Gasteiger charge is 2.26. The SMILES string of the molecule is CCC(C)C(NC(=O)Cn1cnc2sc(C)c(C)c2c1=O)C(=O)OC. The number of carbonyl (C=O) groups excluding carboxylic acids is 2. The molecule has 0 aromatic carbocycles. The number of ether oxygens (including phenoxy) is 1. The van der Waals surface area contributed by atoms with Crippen LogP contribution in [0, 0.1) is 19.8 Å². The Morgan fingerprint density at radius 3 is 2.68 bits per heavy atom. The lowest BCUT2D eigenvalue weighted by atomic mass is 9.99. The minimum absolute atomic E-state index is 0.0736. The molecule has 2 aromatic heterocycles. The fraction of sp³-hybridized carbons (Fsp3) is 0.529. The minimum Gasteiger partial charge on any atom is -0.467 e. The lowest BCUT2D eigenvalue weighted by molar-refractivity contribution is -0.146. The maximum atomic E-state index is 12.6. The first-order chi connectivity index (χ1) is 11.8. The van der Waals surface area contributed by atoms with Gasteiger partial charge in [-0.1, -0.05) is 20.3 Å². The number of nitrogens with one attached hydrogen (secondary N) is 1. The van der Waals surface area contributed by atoms with E-state index < -0.39 is 17.9 Å². The van der Waals surface area contributed by atoms with E-state index in [1.165, 1.54) is 29.3 Å². The summed E-state index contributed by atoms with van der Waals surface area (Å²) in [5.74, 6) is -0.994. The third-order valence-electron chi connectivity index (χ3n) is 4.45. The van der Waals surface area contributed by atoms with Crippen LogP contribution in [0.5, 0.6) is 0 Å². The second kappa shape index (κ2) is 7.77. The van der Waals surface area contributed by atoms with Crippen LogP contribution in [0.15, 0.2) is 11.1 Å². The largest absolute Gasteiger partial charge is 0.467 e. The van der Waals surface area contributed by atoms with Crippen LogP contribution in [-0.2, 0) is 20.9 Å². The third kappa shape index (κ3) is 3.89. The molecule has 2 unspecified atom stereocenters. The van der Waals surface area contributed by atoms with Gasteiger partial charge in [-0.25, -0.2) is 9.78 Å². The topological polar surface area (TPSA) is 90.3 Å². The average molecular weight is 365 g/mol. The Morgan fingerprint density at radius 2 is 2.08 bits per heavy atom. The molecule has 25 heavy (non-hydrogen) atoms. The number of hydrogen-bond acceptors (Lipinski definition) is 6. The van der Waals surface area contributed by atoms with Crippen LogP contribution in [0.2, 0.25) is 0 Å². The Labute approximate surface area is 150 Å². The standard InChI is InChI=1S/C17H23N3O4S/c1-6-9(2)14(17(23)24-5)19-12(21)7-20-8-18-15-13(16(20)22)10(3)11(4)25-15/h8-9,14H,6-7H2,1-5H3,(H,19,21). The number of thiophene rings is 1. The van der Waals surface area contributed by atoms with Gasteiger partial charge in [-0.05, 0) is 25.3 Å². The first-order valence-corrected chi connectivity index (χ1v) is 8.94. The number of esters is 1. The second-order valence-corrected chi connectivity index (χ2v) is 7.30. The predicted molar refractivity (Wildman–Crippen MR) is 96.8 cm³/mol. The summed E-state index contributed by atoms with van der Waals surface area (Å²) in [5, 5.41) is 3.21. The molecular weight excluding hydrogens is 342 g/mol. The maximum Gasteiger partial charge on any atom is 0.328 e. The van der Waals surface area contributed by atoms with Crippen LogP contribution in [0.1, 0.15) is 30.7 Å². The highest BCUT2D eigenvalue weighted by Crippen LogP contribution is 2.25. The van der Waals surface area contributed by atoms with Crippen LogP contribution in [0.3, 0.4) is 0 Å². The van der Waals surface area contributed by atoms with E-state index >= 15 is 0 Å². The number of amides is 1. The van der Waals surface area contributed by atoms with Crippen molar-refractivity contribution >= 4 is 33.4 Å². The van der Waals surface area contributed by atoms with E-state index in [1.807, 2.05) is 27.7 Å². The number of nitrogens with zero attached hydrogens (tertiary/aromatic N) is 2. The first kappa shape index (κ1) is 19.1. The Morgan fingerprint density at radius 1 is 1.40 bits per heavy atom. The monoisotopic (exact) mass is 365 g/mol. The molecule has 1 N–H and O–H groups in total. The lowest BCUT2D eigenvalue weighted by Gasteiger charge is -2.21. The van der Waals surface area contributed by atoms with Gasteiger partial charge in [0.25, 0.3) is 5.56 Å². The highest BCUT2D eigenvalue weighted by molar-refractivity contribution is 7.18. The zero-order chi connectivity index (χ0) is 18.7.